The zero-order valence-electron chi connectivity index (χ0n) is 14.7. The maximum atomic E-state index is 12.2. The van der Waals surface area contributed by atoms with Crippen molar-refractivity contribution in [1.29, 1.82) is 0 Å². The third-order valence-electron chi connectivity index (χ3n) is 4.61. The Bertz CT molecular complexity index is 520. The smallest absolute Gasteiger partial charge is 0.308 e. The molecule has 1 atom stereocenters. The number of thiocarbonyl (C=S) groups is 1. The van der Waals surface area contributed by atoms with Crippen LogP contribution < -0.4 is 10.6 Å². The lowest BCUT2D eigenvalue weighted by Crippen LogP contribution is -2.60. The predicted molar refractivity (Wildman–Crippen MR) is 96.7 cm³/mol. The molecule has 25 heavy (non-hydrogen) atoms. The lowest BCUT2D eigenvalue weighted by atomic mass is 10.0. The van der Waals surface area contributed by atoms with Crippen LogP contribution in [0.2, 0.25) is 0 Å². The Hall–Kier alpha value is -1.70. The van der Waals surface area contributed by atoms with Gasteiger partial charge in [0.1, 0.15) is 6.04 Å². The summed E-state index contributed by atoms with van der Waals surface area (Å²) in [6, 6.07) is -0.739. The second-order valence-corrected chi connectivity index (χ2v) is 7.02. The first-order chi connectivity index (χ1) is 12.0. The van der Waals surface area contributed by atoms with Crippen molar-refractivity contribution in [3.05, 3.63) is 0 Å². The van der Waals surface area contributed by atoms with Crippen LogP contribution in [0.25, 0.3) is 0 Å². The van der Waals surface area contributed by atoms with Crippen LogP contribution in [0, 0.1) is 5.92 Å². The van der Waals surface area contributed by atoms with Crippen molar-refractivity contribution >= 4 is 35.1 Å². The summed E-state index contributed by atoms with van der Waals surface area (Å²) in [6.45, 7) is 3.12. The highest BCUT2D eigenvalue weighted by molar-refractivity contribution is 7.80. The molecule has 0 bridgehead atoms. The normalized spacial score (nSPS) is 20.9. The minimum Gasteiger partial charge on any atom is -0.466 e. The van der Waals surface area contributed by atoms with E-state index in [0.717, 1.165) is 19.3 Å². The number of hydrogen-bond acceptors (Lipinski definition) is 5. The van der Waals surface area contributed by atoms with Gasteiger partial charge in [-0.15, -0.1) is 0 Å². The van der Waals surface area contributed by atoms with Gasteiger partial charge >= 0.3 is 5.97 Å². The molecule has 1 saturated carbocycles. The van der Waals surface area contributed by atoms with Gasteiger partial charge in [-0.05, 0) is 37.4 Å². The highest BCUT2D eigenvalue weighted by Gasteiger charge is 2.34. The van der Waals surface area contributed by atoms with E-state index in [1.807, 2.05) is 6.92 Å². The number of amides is 2. The van der Waals surface area contributed by atoms with Gasteiger partial charge < -0.3 is 20.3 Å². The van der Waals surface area contributed by atoms with E-state index in [2.05, 4.69) is 10.6 Å². The average molecular weight is 369 g/mol. The summed E-state index contributed by atoms with van der Waals surface area (Å²) in [5, 5.41) is 5.67. The van der Waals surface area contributed by atoms with E-state index in [1.165, 1.54) is 12.8 Å². The van der Waals surface area contributed by atoms with Gasteiger partial charge in [0.2, 0.25) is 11.8 Å². The molecule has 1 heterocycles. The van der Waals surface area contributed by atoms with Gasteiger partial charge in [0.05, 0.1) is 13.0 Å². The van der Waals surface area contributed by atoms with E-state index in [4.69, 9.17) is 17.0 Å². The SMILES string of the molecule is CCCOC(=O)CC1C(=O)NCCN1C(=S)NC(=O)CC1CCCC1. The Morgan fingerprint density at radius 3 is 2.72 bits per heavy atom. The molecule has 0 aromatic rings. The van der Waals surface area contributed by atoms with E-state index in [9.17, 15) is 14.4 Å². The van der Waals surface area contributed by atoms with Gasteiger partial charge in [0, 0.05) is 19.5 Å². The van der Waals surface area contributed by atoms with Crippen molar-refractivity contribution in [2.24, 2.45) is 5.92 Å². The van der Waals surface area contributed by atoms with E-state index in [0.29, 0.717) is 32.0 Å². The second-order valence-electron chi connectivity index (χ2n) is 6.63. The van der Waals surface area contributed by atoms with E-state index in [-0.39, 0.29) is 23.3 Å². The Morgan fingerprint density at radius 1 is 1.32 bits per heavy atom. The van der Waals surface area contributed by atoms with Gasteiger partial charge in [-0.3, -0.25) is 14.4 Å². The molecule has 7 nitrogen and oxygen atoms in total. The van der Waals surface area contributed by atoms with Crippen molar-refractivity contribution in [2.45, 2.75) is 57.9 Å². The van der Waals surface area contributed by atoms with Crippen LogP contribution in [-0.2, 0) is 19.1 Å². The summed E-state index contributed by atoms with van der Waals surface area (Å²) < 4.78 is 5.06. The molecular weight excluding hydrogens is 342 g/mol. The largest absolute Gasteiger partial charge is 0.466 e. The molecule has 2 N–H and O–H groups in total. The molecule has 0 spiro atoms. The fraction of sp³-hybridized carbons (Fsp3) is 0.765. The Balaban J connectivity index is 1.90. The Labute approximate surface area is 153 Å². The summed E-state index contributed by atoms with van der Waals surface area (Å²) in [6.07, 6.45) is 5.62. The van der Waals surface area contributed by atoms with Gasteiger partial charge in [0.25, 0.3) is 0 Å². The van der Waals surface area contributed by atoms with Crippen LogP contribution in [0.1, 0.15) is 51.9 Å². The van der Waals surface area contributed by atoms with E-state index in [1.54, 1.807) is 4.90 Å². The van der Waals surface area contributed by atoms with Crippen molar-refractivity contribution < 1.29 is 19.1 Å². The highest BCUT2D eigenvalue weighted by atomic mass is 32.1. The van der Waals surface area contributed by atoms with Crippen LogP contribution in [0.5, 0.6) is 0 Å². The fourth-order valence-corrected chi connectivity index (χ4v) is 3.64. The van der Waals surface area contributed by atoms with E-state index >= 15 is 0 Å². The molecule has 1 aliphatic heterocycles. The molecule has 2 amide bonds. The molecule has 0 aromatic heterocycles. The molecule has 2 fully saturated rings. The monoisotopic (exact) mass is 369 g/mol. The molecule has 0 radical (unpaired) electrons. The number of ether oxygens (including phenoxy) is 1. The first-order valence-electron chi connectivity index (χ1n) is 9.05. The third-order valence-corrected chi connectivity index (χ3v) is 4.95. The Kier molecular flexibility index (Phi) is 7.61. The van der Waals surface area contributed by atoms with Crippen LogP contribution in [0.3, 0.4) is 0 Å². The number of carbonyl (C=O) groups is 3. The maximum Gasteiger partial charge on any atom is 0.308 e. The van der Waals surface area contributed by atoms with Crippen molar-refractivity contribution in [1.82, 2.24) is 15.5 Å². The van der Waals surface area contributed by atoms with Crippen molar-refractivity contribution in [3.8, 4) is 0 Å². The van der Waals surface area contributed by atoms with Crippen molar-refractivity contribution in [3.63, 3.8) is 0 Å². The van der Waals surface area contributed by atoms with Crippen LogP contribution in [-0.4, -0.2) is 53.5 Å². The van der Waals surface area contributed by atoms with Gasteiger partial charge in [-0.25, -0.2) is 0 Å². The molecule has 1 aliphatic carbocycles. The summed E-state index contributed by atoms with van der Waals surface area (Å²) in [7, 11) is 0. The molecule has 8 heteroatoms. The zero-order chi connectivity index (χ0) is 18.2. The highest BCUT2D eigenvalue weighted by Crippen LogP contribution is 2.27. The number of nitrogens with zero attached hydrogens (tertiary/aromatic N) is 1. The standard InChI is InChI=1S/C17H27N3O4S/c1-2-9-24-15(22)11-13-16(23)18-7-8-20(13)17(25)19-14(21)10-12-5-3-4-6-12/h12-13H,2-11H2,1H3,(H,18,23)(H,19,21,25). The molecule has 2 rings (SSSR count). The lowest BCUT2D eigenvalue weighted by Gasteiger charge is -2.36. The number of nitrogens with one attached hydrogen (secondary N) is 2. The summed E-state index contributed by atoms with van der Waals surface area (Å²) in [5.41, 5.74) is 0. The predicted octanol–water partition coefficient (Wildman–Crippen LogP) is 1.11. The quantitative estimate of drug-likeness (QED) is 0.539. The minimum atomic E-state index is -0.739. The van der Waals surface area contributed by atoms with Gasteiger partial charge in [-0.2, -0.15) is 0 Å². The topological polar surface area (TPSA) is 87.7 Å². The molecule has 0 aromatic carbocycles. The van der Waals surface area contributed by atoms with Crippen LogP contribution in [0.15, 0.2) is 0 Å². The fourth-order valence-electron chi connectivity index (χ4n) is 3.31. The van der Waals surface area contributed by atoms with Crippen LogP contribution >= 0.6 is 12.2 Å². The number of rotatable bonds is 6. The van der Waals surface area contributed by atoms with Gasteiger partial charge in [-0.1, -0.05) is 19.8 Å². The van der Waals surface area contributed by atoms with E-state index < -0.39 is 12.0 Å². The average Bonchev–Trinajstić information content (AvgIpc) is 3.07. The second kappa shape index (κ2) is 9.70. The molecule has 140 valence electrons. The number of piperazine rings is 1. The minimum absolute atomic E-state index is 0.0789. The van der Waals surface area contributed by atoms with Crippen molar-refractivity contribution in [2.75, 3.05) is 19.7 Å². The Morgan fingerprint density at radius 2 is 2.04 bits per heavy atom. The maximum absolute atomic E-state index is 12.2. The first kappa shape index (κ1) is 19.6. The summed E-state index contributed by atoms with van der Waals surface area (Å²) in [5.74, 6) is -0.400. The summed E-state index contributed by atoms with van der Waals surface area (Å²) in [4.78, 5) is 37.8. The zero-order valence-corrected chi connectivity index (χ0v) is 15.5. The van der Waals surface area contributed by atoms with Crippen LogP contribution in [0.4, 0.5) is 0 Å². The third kappa shape index (κ3) is 5.95. The molecule has 1 saturated heterocycles. The lowest BCUT2D eigenvalue weighted by molar-refractivity contribution is -0.147. The van der Waals surface area contributed by atoms with Gasteiger partial charge in [0.15, 0.2) is 5.11 Å². The first-order valence-corrected chi connectivity index (χ1v) is 9.46. The number of esters is 1. The summed E-state index contributed by atoms with van der Waals surface area (Å²) >= 11 is 5.32. The molecule has 1 unspecified atom stereocenters. The number of carbonyl (C=O) groups excluding carboxylic acids is 3. The molecule has 2 aliphatic rings. The number of hydrogen-bond donors (Lipinski definition) is 2. The molecular formula is C17H27N3O4S.